The van der Waals surface area contributed by atoms with E-state index < -0.39 is 0 Å². The number of halogens is 2. The summed E-state index contributed by atoms with van der Waals surface area (Å²) in [5, 5.41) is 0.734. The van der Waals surface area contributed by atoms with Crippen molar-refractivity contribution in [3.8, 4) is 0 Å². The maximum absolute atomic E-state index is 11.2. The van der Waals surface area contributed by atoms with Crippen molar-refractivity contribution in [1.82, 2.24) is 0 Å². The molecule has 0 bridgehead atoms. The summed E-state index contributed by atoms with van der Waals surface area (Å²) in [6.07, 6.45) is 3.44. The zero-order valence-electron chi connectivity index (χ0n) is 10.8. The molecule has 0 radical (unpaired) electrons. The van der Waals surface area contributed by atoms with Gasteiger partial charge in [-0.1, -0.05) is 23.7 Å². The lowest BCUT2D eigenvalue weighted by atomic mass is 9.66. The second-order valence-corrected chi connectivity index (χ2v) is 5.61. The van der Waals surface area contributed by atoms with Crippen molar-refractivity contribution in [2.45, 2.75) is 31.1 Å². The fraction of sp³-hybridized carbons (Fsp3) is 0.500. The quantitative estimate of drug-likeness (QED) is 0.901. The molecule has 106 valence electrons. The van der Waals surface area contributed by atoms with Crippen LogP contribution in [0.5, 0.6) is 0 Å². The van der Waals surface area contributed by atoms with E-state index in [0.717, 1.165) is 30.7 Å². The van der Waals surface area contributed by atoms with Gasteiger partial charge in [-0.3, -0.25) is 4.79 Å². The van der Waals surface area contributed by atoms with Gasteiger partial charge in [-0.25, -0.2) is 0 Å². The van der Waals surface area contributed by atoms with Crippen LogP contribution in [0.3, 0.4) is 0 Å². The first-order valence-electron chi connectivity index (χ1n) is 6.33. The molecule has 0 atom stereocenters. The van der Waals surface area contributed by atoms with Gasteiger partial charge >= 0.3 is 0 Å². The van der Waals surface area contributed by atoms with Crippen LogP contribution in [0.4, 0.5) is 0 Å². The molecule has 0 spiro atoms. The summed E-state index contributed by atoms with van der Waals surface area (Å²) in [5.41, 5.74) is 12.5. The smallest absolute Gasteiger partial charge is 0.220 e. The van der Waals surface area contributed by atoms with E-state index in [2.05, 4.69) is 6.07 Å². The average molecular weight is 303 g/mol. The Morgan fingerprint density at radius 1 is 1.37 bits per heavy atom. The lowest BCUT2D eigenvalue weighted by Crippen LogP contribution is -2.41. The van der Waals surface area contributed by atoms with Gasteiger partial charge in [0.15, 0.2) is 0 Å². The van der Waals surface area contributed by atoms with Crippen LogP contribution >= 0.6 is 24.0 Å². The van der Waals surface area contributed by atoms with Crippen molar-refractivity contribution in [3.05, 3.63) is 34.9 Å². The Kier molecular flexibility index (Phi) is 5.65. The monoisotopic (exact) mass is 302 g/mol. The zero-order valence-corrected chi connectivity index (χ0v) is 12.3. The molecule has 0 aromatic heterocycles. The minimum atomic E-state index is -0.188. The maximum Gasteiger partial charge on any atom is 0.220 e. The Labute approximate surface area is 125 Å². The molecule has 0 unspecified atom stereocenters. The van der Waals surface area contributed by atoms with Crippen LogP contribution in [0.2, 0.25) is 5.02 Å². The fourth-order valence-corrected chi connectivity index (χ4v) is 3.07. The first-order valence-corrected chi connectivity index (χ1v) is 6.71. The van der Waals surface area contributed by atoms with Gasteiger partial charge in [-0.05, 0) is 43.4 Å². The van der Waals surface area contributed by atoms with E-state index in [1.165, 1.54) is 5.56 Å². The highest BCUT2D eigenvalue weighted by Crippen LogP contribution is 2.41. The third-order valence-electron chi connectivity index (χ3n) is 4.17. The van der Waals surface area contributed by atoms with E-state index in [1.807, 2.05) is 18.2 Å². The van der Waals surface area contributed by atoms with Crippen LogP contribution in [0.15, 0.2) is 24.3 Å². The predicted molar refractivity (Wildman–Crippen MR) is 80.6 cm³/mol. The molecule has 1 saturated carbocycles. The Morgan fingerprint density at radius 3 is 2.47 bits per heavy atom. The Balaban J connectivity index is 0.00000180. The Bertz CT molecular complexity index is 443. The maximum atomic E-state index is 11.2. The van der Waals surface area contributed by atoms with Crippen LogP contribution in [0.1, 0.15) is 31.2 Å². The van der Waals surface area contributed by atoms with E-state index >= 15 is 0 Å². The molecule has 0 heterocycles. The topological polar surface area (TPSA) is 69.1 Å². The van der Waals surface area contributed by atoms with Gasteiger partial charge in [0, 0.05) is 22.9 Å². The van der Waals surface area contributed by atoms with Crippen LogP contribution in [0.25, 0.3) is 0 Å². The van der Waals surface area contributed by atoms with Gasteiger partial charge in [-0.15, -0.1) is 12.4 Å². The molecular formula is C14H20Cl2N2O. The van der Waals surface area contributed by atoms with Crippen molar-refractivity contribution in [1.29, 1.82) is 0 Å². The molecule has 5 heteroatoms. The van der Waals surface area contributed by atoms with E-state index in [1.54, 1.807) is 0 Å². The molecule has 1 amide bonds. The molecule has 1 aromatic rings. The molecule has 1 aliphatic carbocycles. The largest absolute Gasteiger partial charge is 0.369 e. The molecule has 1 aliphatic rings. The van der Waals surface area contributed by atoms with Crippen molar-refractivity contribution >= 4 is 29.9 Å². The summed E-state index contributed by atoms with van der Waals surface area (Å²) in [6, 6.07) is 7.88. The second kappa shape index (κ2) is 6.60. The van der Waals surface area contributed by atoms with Crippen LogP contribution in [0, 0.1) is 5.92 Å². The molecule has 4 N–H and O–H groups in total. The first-order chi connectivity index (χ1) is 8.57. The Hall–Kier alpha value is -0.770. The zero-order chi connectivity index (χ0) is 13.2. The Morgan fingerprint density at radius 2 is 2.00 bits per heavy atom. The molecule has 2 rings (SSSR count). The summed E-state index contributed by atoms with van der Waals surface area (Å²) in [5.74, 6) is -0.185. The second-order valence-electron chi connectivity index (χ2n) is 5.17. The van der Waals surface area contributed by atoms with Gasteiger partial charge in [-0.2, -0.15) is 0 Å². The summed E-state index contributed by atoms with van der Waals surface area (Å²) < 4.78 is 0. The third kappa shape index (κ3) is 3.41. The number of primary amides is 1. The molecule has 0 aliphatic heterocycles. The van der Waals surface area contributed by atoms with Crippen LogP contribution in [-0.2, 0) is 10.2 Å². The number of carbonyl (C=O) groups is 1. The summed E-state index contributed by atoms with van der Waals surface area (Å²) in [4.78, 5) is 11.2. The van der Waals surface area contributed by atoms with Gasteiger partial charge in [0.2, 0.25) is 5.91 Å². The van der Waals surface area contributed by atoms with E-state index in [-0.39, 0.29) is 29.6 Å². The van der Waals surface area contributed by atoms with Crippen LogP contribution < -0.4 is 11.5 Å². The summed E-state index contributed by atoms with van der Waals surface area (Å²) >= 11 is 6.05. The number of amides is 1. The molecule has 1 fully saturated rings. The van der Waals surface area contributed by atoms with Crippen molar-refractivity contribution < 1.29 is 4.79 Å². The minimum absolute atomic E-state index is 0. The van der Waals surface area contributed by atoms with Crippen molar-refractivity contribution in [2.75, 3.05) is 6.54 Å². The summed E-state index contributed by atoms with van der Waals surface area (Å²) in [6.45, 7) is 0.582. The number of hydrogen-bond donors (Lipinski definition) is 2. The van der Waals surface area contributed by atoms with Gasteiger partial charge in [0.25, 0.3) is 0 Å². The van der Waals surface area contributed by atoms with E-state index in [9.17, 15) is 4.79 Å². The molecule has 1 aromatic carbocycles. The molecule has 19 heavy (non-hydrogen) atoms. The first kappa shape index (κ1) is 16.3. The number of nitrogens with two attached hydrogens (primary N) is 2. The van der Waals surface area contributed by atoms with Crippen molar-refractivity contribution in [2.24, 2.45) is 17.4 Å². The molecule has 0 saturated heterocycles. The fourth-order valence-electron chi connectivity index (χ4n) is 2.88. The third-order valence-corrected chi connectivity index (χ3v) is 4.41. The van der Waals surface area contributed by atoms with E-state index in [4.69, 9.17) is 23.1 Å². The van der Waals surface area contributed by atoms with E-state index in [0.29, 0.717) is 6.54 Å². The number of benzene rings is 1. The number of carbonyl (C=O) groups excluding carboxylic acids is 1. The highest BCUT2D eigenvalue weighted by atomic mass is 35.5. The lowest BCUT2D eigenvalue weighted by Gasteiger charge is -2.39. The van der Waals surface area contributed by atoms with Gasteiger partial charge in [0.1, 0.15) is 0 Å². The predicted octanol–water partition coefficient (Wildman–Crippen LogP) is 2.63. The molecule has 3 nitrogen and oxygen atoms in total. The van der Waals surface area contributed by atoms with Gasteiger partial charge < -0.3 is 11.5 Å². The minimum Gasteiger partial charge on any atom is -0.369 e. The normalized spacial score (nSPS) is 26.5. The average Bonchev–Trinajstić information content (AvgIpc) is 2.38. The van der Waals surface area contributed by atoms with Crippen LogP contribution in [-0.4, -0.2) is 12.5 Å². The SMILES string of the molecule is Cl.NC[C@]1(c2cccc(Cl)c2)CC[C@@H](C(N)=O)CC1. The number of rotatable bonds is 3. The van der Waals surface area contributed by atoms with Crippen molar-refractivity contribution in [3.63, 3.8) is 0 Å². The number of hydrogen-bond acceptors (Lipinski definition) is 2. The summed E-state index contributed by atoms with van der Waals surface area (Å²) in [7, 11) is 0. The van der Waals surface area contributed by atoms with Gasteiger partial charge in [0.05, 0.1) is 0 Å². The highest BCUT2D eigenvalue weighted by molar-refractivity contribution is 6.30. The highest BCUT2D eigenvalue weighted by Gasteiger charge is 2.37. The standard InChI is InChI=1S/C14H19ClN2O.ClH/c15-12-3-1-2-11(8-12)14(9-16)6-4-10(5-7-14)13(17)18;/h1-3,8,10H,4-7,9,16H2,(H2,17,18);1H/t10-,14+;. The lowest BCUT2D eigenvalue weighted by molar-refractivity contribution is -0.123. The molecular weight excluding hydrogens is 283 g/mol.